The molecule has 10 N–H and O–H groups in total. The van der Waals surface area contributed by atoms with E-state index < -0.39 is 53.8 Å². The average molecular weight is 524 g/mol. The highest BCUT2D eigenvalue weighted by molar-refractivity contribution is 7.80. The summed E-state index contributed by atoms with van der Waals surface area (Å²) in [4.78, 5) is 74.1. The van der Waals surface area contributed by atoms with Gasteiger partial charge in [0.05, 0.1) is 18.7 Å². The number of H-pyrrole nitrogens is 2. The first-order valence-electron chi connectivity index (χ1n) is 10.8. The van der Waals surface area contributed by atoms with Crippen LogP contribution in [0.2, 0.25) is 0 Å². The first kappa shape index (κ1) is 28.3. The topological polar surface area (TPSA) is 251 Å². The number of hydrogen-bond donors (Lipinski definition) is 9. The van der Waals surface area contributed by atoms with E-state index in [-0.39, 0.29) is 31.4 Å². The quantitative estimate of drug-likeness (QED) is 0.108. The van der Waals surface area contributed by atoms with E-state index in [1.807, 2.05) is 0 Å². The fraction of sp³-hybridized carbons (Fsp3) is 0.450. The fourth-order valence-electron chi connectivity index (χ4n) is 3.09. The lowest BCUT2D eigenvalue weighted by atomic mass is 10.1. The van der Waals surface area contributed by atoms with E-state index in [0.29, 0.717) is 11.4 Å². The summed E-state index contributed by atoms with van der Waals surface area (Å²) in [5.41, 5.74) is 11.8. The lowest BCUT2D eigenvalue weighted by Crippen LogP contribution is -2.58. The van der Waals surface area contributed by atoms with Crippen LogP contribution in [0.15, 0.2) is 25.0 Å². The molecule has 4 amide bonds. The van der Waals surface area contributed by atoms with Gasteiger partial charge in [0.15, 0.2) is 0 Å². The molecule has 0 aliphatic rings. The summed E-state index contributed by atoms with van der Waals surface area (Å²) in [6.45, 7) is 0. The number of nitrogens with one attached hydrogen (secondary N) is 5. The molecule has 2 aromatic heterocycles. The molecule has 15 nitrogen and oxygen atoms in total. The minimum Gasteiger partial charge on any atom is -0.480 e. The summed E-state index contributed by atoms with van der Waals surface area (Å²) in [5.74, 6) is -4.26. The average Bonchev–Trinajstić information content (AvgIpc) is 3.54. The van der Waals surface area contributed by atoms with Crippen LogP contribution in [0.5, 0.6) is 0 Å². The van der Waals surface area contributed by atoms with Gasteiger partial charge in [0.25, 0.3) is 0 Å². The number of aromatic amines is 2. The number of carbonyl (C=O) groups is 5. The normalized spacial score (nSPS) is 14.2. The Hall–Kier alpha value is -3.92. The molecule has 196 valence electrons. The molecule has 0 radical (unpaired) electrons. The largest absolute Gasteiger partial charge is 0.480 e. The first-order chi connectivity index (χ1) is 17.1. The van der Waals surface area contributed by atoms with Crippen LogP contribution < -0.4 is 27.4 Å². The minimum atomic E-state index is -1.30. The summed E-state index contributed by atoms with van der Waals surface area (Å²) < 4.78 is 0. The summed E-state index contributed by atoms with van der Waals surface area (Å²) >= 11 is 4.08. The van der Waals surface area contributed by atoms with Crippen molar-refractivity contribution in [3.8, 4) is 0 Å². The second kappa shape index (κ2) is 13.8. The van der Waals surface area contributed by atoms with E-state index in [0.717, 1.165) is 0 Å². The molecule has 4 atom stereocenters. The molecular formula is C20H29N9O6S. The molecule has 0 saturated heterocycles. The summed E-state index contributed by atoms with van der Waals surface area (Å²) in [6.07, 6.45) is 5.41. The van der Waals surface area contributed by atoms with Gasteiger partial charge in [0.1, 0.15) is 18.1 Å². The third-order valence-electron chi connectivity index (χ3n) is 5.06. The van der Waals surface area contributed by atoms with Gasteiger partial charge in [-0.05, 0) is 6.42 Å². The minimum absolute atomic E-state index is 0.0140. The Labute approximate surface area is 211 Å². The second-order valence-electron chi connectivity index (χ2n) is 7.88. The monoisotopic (exact) mass is 523 g/mol. The maximum absolute atomic E-state index is 13.0. The summed E-state index contributed by atoms with van der Waals surface area (Å²) in [6, 6.07) is -4.78. The van der Waals surface area contributed by atoms with Crippen molar-refractivity contribution < 1.29 is 29.1 Å². The van der Waals surface area contributed by atoms with Crippen LogP contribution in [-0.4, -0.2) is 84.6 Å². The molecule has 0 aliphatic heterocycles. The van der Waals surface area contributed by atoms with Crippen molar-refractivity contribution in [2.75, 3.05) is 5.75 Å². The van der Waals surface area contributed by atoms with Crippen molar-refractivity contribution in [1.82, 2.24) is 35.9 Å². The van der Waals surface area contributed by atoms with Gasteiger partial charge in [0, 0.05) is 48.8 Å². The Morgan fingerprint density at radius 3 is 1.86 bits per heavy atom. The third kappa shape index (κ3) is 9.03. The van der Waals surface area contributed by atoms with E-state index in [1.165, 1.54) is 25.0 Å². The van der Waals surface area contributed by atoms with E-state index in [2.05, 4.69) is 48.5 Å². The van der Waals surface area contributed by atoms with Gasteiger partial charge < -0.3 is 42.5 Å². The Morgan fingerprint density at radius 2 is 1.39 bits per heavy atom. The Morgan fingerprint density at radius 1 is 0.889 bits per heavy atom. The molecule has 16 heteroatoms. The van der Waals surface area contributed by atoms with Crippen molar-refractivity contribution in [2.24, 2.45) is 11.5 Å². The highest BCUT2D eigenvalue weighted by Gasteiger charge is 2.30. The van der Waals surface area contributed by atoms with Gasteiger partial charge in [-0.25, -0.2) is 14.8 Å². The molecule has 0 aliphatic carbocycles. The molecule has 2 rings (SSSR count). The van der Waals surface area contributed by atoms with Gasteiger partial charge in [-0.1, -0.05) is 0 Å². The number of nitrogens with zero attached hydrogens (tertiary/aromatic N) is 2. The van der Waals surface area contributed by atoms with Crippen LogP contribution in [0.1, 0.15) is 24.2 Å². The van der Waals surface area contributed by atoms with Crippen molar-refractivity contribution in [3.05, 3.63) is 36.4 Å². The smallest absolute Gasteiger partial charge is 0.326 e. The Balaban J connectivity index is 2.10. The number of carboxylic acid groups (broad SMARTS) is 1. The van der Waals surface area contributed by atoms with Crippen LogP contribution in [0.25, 0.3) is 0 Å². The van der Waals surface area contributed by atoms with Crippen molar-refractivity contribution in [2.45, 2.75) is 49.9 Å². The predicted octanol–water partition coefficient (Wildman–Crippen LogP) is -3.02. The van der Waals surface area contributed by atoms with Gasteiger partial charge in [-0.3, -0.25) is 19.2 Å². The molecule has 2 aromatic rings. The number of thiol groups is 1. The molecule has 0 saturated carbocycles. The van der Waals surface area contributed by atoms with Gasteiger partial charge in [-0.2, -0.15) is 12.6 Å². The molecular weight excluding hydrogens is 494 g/mol. The highest BCUT2D eigenvalue weighted by Crippen LogP contribution is 2.04. The molecule has 4 unspecified atom stereocenters. The summed E-state index contributed by atoms with van der Waals surface area (Å²) in [7, 11) is 0. The second-order valence-corrected chi connectivity index (χ2v) is 8.24. The SMILES string of the molecule is NC(=O)CCC(N)C(=O)NC(CS)C(=O)NC(Cc1cnc[nH]1)C(=O)NC(Cc1cnc[nH]1)C(=O)O. The standard InChI is InChI=1S/C20H29N9O6S/c21-12(1-2-16(22)30)17(31)29-15(7-36)19(33)27-13(3-10-5-23-8-25-10)18(32)28-14(20(34)35)4-11-6-24-9-26-11/h5-6,8-9,12-15,36H,1-4,7,21H2,(H2,22,30)(H,23,25)(H,24,26)(H,27,33)(H,28,32)(H,29,31)(H,34,35). The number of aromatic nitrogens is 4. The number of rotatable bonds is 15. The van der Waals surface area contributed by atoms with Crippen molar-refractivity contribution >= 4 is 42.2 Å². The Kier molecular flexibility index (Phi) is 10.9. The Bertz CT molecular complexity index is 1030. The van der Waals surface area contributed by atoms with Crippen LogP contribution in [-0.2, 0) is 36.8 Å². The van der Waals surface area contributed by atoms with E-state index in [9.17, 15) is 29.1 Å². The number of primary amides is 1. The lowest BCUT2D eigenvalue weighted by molar-refractivity contribution is -0.142. The van der Waals surface area contributed by atoms with Crippen molar-refractivity contribution in [3.63, 3.8) is 0 Å². The van der Waals surface area contributed by atoms with Gasteiger partial charge in [-0.15, -0.1) is 0 Å². The lowest BCUT2D eigenvalue weighted by Gasteiger charge is -2.24. The number of nitrogens with two attached hydrogens (primary N) is 2. The number of hydrogen-bond acceptors (Lipinski definition) is 9. The number of imidazole rings is 2. The van der Waals surface area contributed by atoms with E-state index in [4.69, 9.17) is 11.5 Å². The molecule has 2 heterocycles. The first-order valence-corrected chi connectivity index (χ1v) is 11.5. The van der Waals surface area contributed by atoms with Crippen LogP contribution in [0.3, 0.4) is 0 Å². The third-order valence-corrected chi connectivity index (χ3v) is 5.42. The van der Waals surface area contributed by atoms with Gasteiger partial charge in [0.2, 0.25) is 23.6 Å². The number of amides is 4. The summed E-state index contributed by atoms with van der Waals surface area (Å²) in [5, 5.41) is 16.9. The molecule has 0 fully saturated rings. The fourth-order valence-corrected chi connectivity index (χ4v) is 3.35. The van der Waals surface area contributed by atoms with Crippen LogP contribution in [0.4, 0.5) is 0 Å². The van der Waals surface area contributed by atoms with Crippen LogP contribution in [0, 0.1) is 0 Å². The maximum Gasteiger partial charge on any atom is 0.326 e. The van der Waals surface area contributed by atoms with Gasteiger partial charge >= 0.3 is 5.97 Å². The zero-order valence-corrected chi connectivity index (χ0v) is 20.0. The van der Waals surface area contributed by atoms with E-state index in [1.54, 1.807) is 0 Å². The number of aliphatic carboxylic acids is 1. The molecule has 0 spiro atoms. The van der Waals surface area contributed by atoms with Crippen molar-refractivity contribution in [1.29, 1.82) is 0 Å². The zero-order chi connectivity index (χ0) is 26.7. The van der Waals surface area contributed by atoms with Crippen LogP contribution >= 0.6 is 12.6 Å². The predicted molar refractivity (Wildman–Crippen MR) is 128 cm³/mol. The number of carbonyl (C=O) groups excluding carboxylic acids is 4. The zero-order valence-electron chi connectivity index (χ0n) is 19.1. The molecule has 0 bridgehead atoms. The highest BCUT2D eigenvalue weighted by atomic mass is 32.1. The maximum atomic E-state index is 13.0. The van der Waals surface area contributed by atoms with E-state index >= 15 is 0 Å². The molecule has 36 heavy (non-hydrogen) atoms. The molecule has 0 aromatic carbocycles. The number of carboxylic acids is 1.